The zero-order chi connectivity index (χ0) is 13.9. The second-order valence-corrected chi connectivity index (χ2v) is 18.2. The summed E-state index contributed by atoms with van der Waals surface area (Å²) in [6.45, 7) is 0. The Morgan fingerprint density at radius 3 is 1.52 bits per heavy atom. The van der Waals surface area contributed by atoms with Gasteiger partial charge < -0.3 is 0 Å². The molecule has 0 nitrogen and oxygen atoms in total. The first-order valence-electron chi connectivity index (χ1n) is 7.93. The quantitative estimate of drug-likeness (QED) is 0.528. The Balaban J connectivity index is 0.000000781. The molecule has 3 heteroatoms. The Morgan fingerprint density at radius 2 is 1.09 bits per heavy atom. The Bertz CT molecular complexity index is 726. The minimum atomic E-state index is -2.13. The number of hydrogen-bond acceptors (Lipinski definition) is 0. The SMILES string of the molecule is C1=C[CH]([Zr]2([CH]3C=Cc4ccccc43)[CH2][CH2]2)c2ccccc21.Cl.Cl. The second kappa shape index (κ2) is 6.36. The average molecular weight is 423 g/mol. The van der Waals surface area contributed by atoms with Crippen molar-refractivity contribution in [1.29, 1.82) is 0 Å². The van der Waals surface area contributed by atoms with E-state index in [9.17, 15) is 0 Å². The molecule has 1 aliphatic heterocycles. The van der Waals surface area contributed by atoms with Crippen LogP contribution in [0.5, 0.6) is 0 Å². The summed E-state index contributed by atoms with van der Waals surface area (Å²) in [5, 5.41) is 0. The first-order valence-corrected chi connectivity index (χ1v) is 14.2. The molecule has 1 saturated heterocycles. The van der Waals surface area contributed by atoms with Gasteiger partial charge in [0.05, 0.1) is 0 Å². The zero-order valence-corrected chi connectivity index (χ0v) is 16.9. The van der Waals surface area contributed by atoms with E-state index >= 15 is 0 Å². The zero-order valence-electron chi connectivity index (χ0n) is 12.8. The van der Waals surface area contributed by atoms with Crippen LogP contribution in [0.15, 0.2) is 60.7 Å². The molecule has 0 spiro atoms. The third-order valence-corrected chi connectivity index (χ3v) is 18.3. The maximum Gasteiger partial charge on any atom is -0.147 e. The summed E-state index contributed by atoms with van der Waals surface area (Å²) in [4.78, 5) is 0. The van der Waals surface area contributed by atoms with Gasteiger partial charge in [-0.05, 0) is 0 Å². The van der Waals surface area contributed by atoms with Gasteiger partial charge in [0.2, 0.25) is 0 Å². The van der Waals surface area contributed by atoms with Crippen LogP contribution < -0.4 is 0 Å². The summed E-state index contributed by atoms with van der Waals surface area (Å²) >= 11 is -2.13. The summed E-state index contributed by atoms with van der Waals surface area (Å²) in [5.74, 6) is 0. The molecule has 2 aliphatic carbocycles. The van der Waals surface area contributed by atoms with Crippen molar-refractivity contribution in [2.24, 2.45) is 0 Å². The molecule has 2 atom stereocenters. The Hall–Kier alpha value is -0.617. The average Bonchev–Trinajstić information content (AvgIpc) is 3.03. The molecule has 0 radical (unpaired) electrons. The van der Waals surface area contributed by atoms with E-state index in [1.807, 2.05) is 0 Å². The molecule has 0 bridgehead atoms. The van der Waals surface area contributed by atoms with Crippen LogP contribution in [0.1, 0.15) is 29.5 Å². The van der Waals surface area contributed by atoms with Crippen molar-refractivity contribution >= 4 is 37.0 Å². The van der Waals surface area contributed by atoms with Gasteiger partial charge in [0.25, 0.3) is 0 Å². The summed E-state index contributed by atoms with van der Waals surface area (Å²) < 4.78 is 4.72. The fourth-order valence-corrected chi connectivity index (χ4v) is 20.1. The molecule has 2 aromatic carbocycles. The number of benzene rings is 2. The van der Waals surface area contributed by atoms with Crippen molar-refractivity contribution in [2.75, 3.05) is 0 Å². The first kappa shape index (κ1) is 17.2. The van der Waals surface area contributed by atoms with Crippen LogP contribution in [0.2, 0.25) is 8.26 Å². The van der Waals surface area contributed by atoms with E-state index < -0.39 is 20.3 Å². The standard InChI is InChI=1S/2C9H7.C2H4.2ClH.Zr/c2*1-2-5-9-7-3-6-8(9)4-1;1-2;;;/h2*1-7H;1-2H2;2*1H;. The van der Waals surface area contributed by atoms with Crippen LogP contribution in [-0.4, -0.2) is 0 Å². The fourth-order valence-electron chi connectivity index (χ4n) is 4.46. The molecule has 1 heterocycles. The van der Waals surface area contributed by atoms with Crippen molar-refractivity contribution in [2.45, 2.75) is 15.5 Å². The van der Waals surface area contributed by atoms with Gasteiger partial charge in [-0.25, -0.2) is 0 Å². The van der Waals surface area contributed by atoms with E-state index in [2.05, 4.69) is 72.8 Å². The molecule has 118 valence electrons. The molecule has 2 aromatic rings. The maximum atomic E-state index is 2.54. The van der Waals surface area contributed by atoms with E-state index in [1.54, 1.807) is 19.4 Å². The molecule has 23 heavy (non-hydrogen) atoms. The third-order valence-electron chi connectivity index (χ3n) is 5.66. The molecule has 2 unspecified atom stereocenters. The number of rotatable bonds is 2. The van der Waals surface area contributed by atoms with Crippen LogP contribution >= 0.6 is 24.8 Å². The molecule has 0 amide bonds. The minimum Gasteiger partial charge on any atom is -0.147 e. The van der Waals surface area contributed by atoms with Gasteiger partial charge in [0, 0.05) is 0 Å². The van der Waals surface area contributed by atoms with Gasteiger partial charge in [-0.15, -0.1) is 24.8 Å². The number of hydrogen-bond donors (Lipinski definition) is 0. The fraction of sp³-hybridized carbons (Fsp3) is 0.200. The van der Waals surface area contributed by atoms with Gasteiger partial charge in [0.1, 0.15) is 0 Å². The predicted molar refractivity (Wildman–Crippen MR) is 101 cm³/mol. The molecular formula is C20H20Cl2Zr. The van der Waals surface area contributed by atoms with Crippen LogP contribution in [0, 0.1) is 0 Å². The largest absolute Gasteiger partial charge is 0.147 e. The van der Waals surface area contributed by atoms with E-state index in [4.69, 9.17) is 0 Å². The molecule has 0 saturated carbocycles. The van der Waals surface area contributed by atoms with Crippen LogP contribution in [0.4, 0.5) is 0 Å². The van der Waals surface area contributed by atoms with Gasteiger partial charge in [-0.3, -0.25) is 0 Å². The number of allylic oxidation sites excluding steroid dienone is 2. The van der Waals surface area contributed by atoms with Gasteiger partial charge in [-0.2, -0.15) is 0 Å². The van der Waals surface area contributed by atoms with Gasteiger partial charge in [-0.1, -0.05) is 0 Å². The molecule has 5 rings (SSSR count). The monoisotopic (exact) mass is 420 g/mol. The summed E-state index contributed by atoms with van der Waals surface area (Å²) in [6.07, 6.45) is 9.84. The van der Waals surface area contributed by atoms with Crippen molar-refractivity contribution < 1.29 is 20.3 Å². The van der Waals surface area contributed by atoms with Crippen LogP contribution in [0.3, 0.4) is 0 Å². The molecule has 0 aromatic heterocycles. The first-order chi connectivity index (χ1) is 10.4. The Labute approximate surface area is 154 Å². The smallest absolute Gasteiger partial charge is 0.147 e. The summed E-state index contributed by atoms with van der Waals surface area (Å²) in [6, 6.07) is 18.1. The second-order valence-electron chi connectivity index (χ2n) is 6.66. The Morgan fingerprint density at radius 1 is 0.652 bits per heavy atom. The van der Waals surface area contributed by atoms with Crippen LogP contribution in [-0.2, 0) is 20.3 Å². The predicted octanol–water partition coefficient (Wildman–Crippen LogP) is 6.37. The number of halogens is 2. The molecular weight excluding hydrogens is 402 g/mol. The summed E-state index contributed by atoms with van der Waals surface area (Å²) in [7, 11) is 0. The Kier molecular flexibility index (Phi) is 4.76. The molecule has 0 N–H and O–H groups in total. The van der Waals surface area contributed by atoms with Crippen molar-refractivity contribution in [3.8, 4) is 0 Å². The number of fused-ring (bicyclic) bond motifs is 2. The van der Waals surface area contributed by atoms with Crippen molar-refractivity contribution in [1.82, 2.24) is 0 Å². The van der Waals surface area contributed by atoms with E-state index in [1.165, 1.54) is 11.1 Å². The molecule has 3 aliphatic rings. The summed E-state index contributed by atoms with van der Waals surface area (Å²) in [5.41, 5.74) is 6.20. The van der Waals surface area contributed by atoms with Gasteiger partial charge >= 0.3 is 131 Å². The maximum absolute atomic E-state index is 2.54. The van der Waals surface area contributed by atoms with Crippen LogP contribution in [0.25, 0.3) is 12.2 Å². The van der Waals surface area contributed by atoms with Crippen molar-refractivity contribution in [3.63, 3.8) is 0 Å². The van der Waals surface area contributed by atoms with Crippen molar-refractivity contribution in [3.05, 3.63) is 82.9 Å². The third kappa shape index (κ3) is 2.53. The molecule has 1 fully saturated rings. The minimum absolute atomic E-state index is 0. The van der Waals surface area contributed by atoms with Gasteiger partial charge in [0.15, 0.2) is 0 Å². The van der Waals surface area contributed by atoms with E-state index in [0.29, 0.717) is 0 Å². The topological polar surface area (TPSA) is 0 Å². The van der Waals surface area contributed by atoms with E-state index in [-0.39, 0.29) is 24.8 Å². The normalized spacial score (nSPS) is 24.3. The van der Waals surface area contributed by atoms with E-state index in [0.717, 1.165) is 7.25 Å².